The first kappa shape index (κ1) is 16.4. The van der Waals surface area contributed by atoms with Crippen LogP contribution in [-0.2, 0) is 25.6 Å². The molecule has 0 unspecified atom stereocenters. The van der Waals surface area contributed by atoms with Gasteiger partial charge >= 0.3 is 76.7 Å². The summed E-state index contributed by atoms with van der Waals surface area (Å²) >= 11 is 0. The summed E-state index contributed by atoms with van der Waals surface area (Å²) in [6, 6.07) is 0. The van der Waals surface area contributed by atoms with E-state index in [1.807, 2.05) is 0 Å². The molecule has 4 nitrogen and oxygen atoms in total. The van der Waals surface area contributed by atoms with Crippen LogP contribution in [0.2, 0.25) is 0 Å². The molecule has 0 bridgehead atoms. The topological polar surface area (TPSA) is 77.8 Å². The van der Waals surface area contributed by atoms with Gasteiger partial charge in [0.1, 0.15) is 0 Å². The third-order valence-corrected chi connectivity index (χ3v) is 0. The Morgan fingerprint density at radius 3 is 1.29 bits per heavy atom. The molecule has 0 aromatic carbocycles. The van der Waals surface area contributed by atoms with Crippen molar-refractivity contribution >= 4 is 7.82 Å². The summed E-state index contributed by atoms with van der Waals surface area (Å²) in [5.41, 5.74) is 0. The fraction of sp³-hybridized carbons (Fsp3) is 0. The zero-order chi connectivity index (χ0) is 4.50. The second-order valence-electron chi connectivity index (χ2n) is 0.513. The molecule has 7 heavy (non-hydrogen) atoms. The molecular weight excluding hydrogens is 412 g/mol. The summed E-state index contributed by atoms with van der Waals surface area (Å²) in [5, 5.41) is 0. The molecule has 0 aromatic rings. The normalized spacial score (nSPS) is 8.43. The van der Waals surface area contributed by atoms with Crippen LogP contribution in [-0.4, -0.2) is 14.7 Å². The van der Waals surface area contributed by atoms with Crippen LogP contribution in [0, 0.1) is 0 Å². The van der Waals surface area contributed by atoms with Crippen molar-refractivity contribution in [1.82, 2.24) is 0 Å². The zero-order valence-corrected chi connectivity index (χ0v) is 13.7. The van der Waals surface area contributed by atoms with E-state index in [1.54, 1.807) is 0 Å². The van der Waals surface area contributed by atoms with E-state index in [4.69, 9.17) is 19.2 Å². The molecule has 0 saturated heterocycles. The van der Waals surface area contributed by atoms with Crippen molar-refractivity contribution in [3.05, 3.63) is 0 Å². The van der Waals surface area contributed by atoms with Gasteiger partial charge in [-0.15, -0.1) is 0 Å². The smallest absolute Gasteiger partial charge is 1.00 e. The first-order valence-corrected chi connectivity index (χ1v) is 2.35. The number of phosphoric acid groups is 1. The van der Waals surface area contributed by atoms with Crippen molar-refractivity contribution in [3.8, 4) is 0 Å². The Kier molecular flexibility index (Phi) is 16.4. The van der Waals surface area contributed by atoms with Crippen molar-refractivity contribution in [2.45, 2.75) is 0 Å². The second-order valence-corrected chi connectivity index (χ2v) is 1.54. The Morgan fingerprint density at radius 2 is 1.29 bits per heavy atom. The van der Waals surface area contributed by atoms with Crippen LogP contribution in [0.15, 0.2) is 0 Å². The molecule has 0 radical (unpaired) electrons. The van der Waals surface area contributed by atoms with E-state index in [9.17, 15) is 0 Å². The van der Waals surface area contributed by atoms with Crippen molar-refractivity contribution in [2.75, 3.05) is 0 Å². The standard InChI is InChI=1S/Cs.H3O4P.W.H/c;1-5(2,3)4;;/h;(H3,1,2,3,4);;/q+1;;;-1. The van der Waals surface area contributed by atoms with Crippen LogP contribution in [0.3, 0.4) is 0 Å². The summed E-state index contributed by atoms with van der Waals surface area (Å²) in [6.07, 6.45) is 0. The van der Waals surface area contributed by atoms with Gasteiger partial charge < -0.3 is 16.1 Å². The minimum Gasteiger partial charge on any atom is -1.00 e. The molecule has 40 valence electrons. The van der Waals surface area contributed by atoms with Crippen molar-refractivity contribution < 1.29 is 111 Å². The van der Waals surface area contributed by atoms with E-state index in [1.165, 1.54) is 0 Å². The largest absolute Gasteiger partial charge is 1.00 e. The zero-order valence-electron chi connectivity index (χ0n) is 4.61. The van der Waals surface area contributed by atoms with Gasteiger partial charge in [0, 0.05) is 21.1 Å². The Bertz CT molecular complexity index is 62.2. The van der Waals surface area contributed by atoms with Crippen LogP contribution in [0.4, 0.5) is 0 Å². The third kappa shape index (κ3) is 51.1. The molecule has 0 aromatic heterocycles. The minimum absolute atomic E-state index is 0. The van der Waals surface area contributed by atoms with Crippen LogP contribution in [0.25, 0.3) is 0 Å². The van der Waals surface area contributed by atoms with Crippen molar-refractivity contribution in [1.29, 1.82) is 0 Å². The van der Waals surface area contributed by atoms with E-state index in [-0.39, 0.29) is 91.4 Å². The molecule has 0 aliphatic carbocycles. The summed E-state index contributed by atoms with van der Waals surface area (Å²) in [6.45, 7) is 0. The van der Waals surface area contributed by atoms with Crippen LogP contribution in [0.5, 0.6) is 0 Å². The van der Waals surface area contributed by atoms with Gasteiger partial charge in [-0.1, -0.05) is 0 Å². The molecule has 0 saturated carbocycles. The maximum atomic E-state index is 8.88. The van der Waals surface area contributed by atoms with E-state index in [0.717, 1.165) is 0 Å². The van der Waals surface area contributed by atoms with Crippen LogP contribution >= 0.6 is 7.82 Å². The molecule has 0 aliphatic rings. The third-order valence-electron chi connectivity index (χ3n) is 0. The molecule has 0 aliphatic heterocycles. The van der Waals surface area contributed by atoms with E-state index in [2.05, 4.69) is 0 Å². The maximum Gasteiger partial charge on any atom is 1.00 e. The first-order chi connectivity index (χ1) is 2.00. The number of hydrogen-bond acceptors (Lipinski definition) is 1. The molecule has 0 rings (SSSR count). The molecule has 7 heteroatoms. The number of rotatable bonds is 0. The Labute approximate surface area is 115 Å². The Hall–Kier alpha value is 2.85. The minimum atomic E-state index is -4.64. The van der Waals surface area contributed by atoms with E-state index < -0.39 is 7.82 Å². The van der Waals surface area contributed by atoms with Gasteiger partial charge in [0.25, 0.3) is 0 Å². The van der Waals surface area contributed by atoms with Gasteiger partial charge in [0.05, 0.1) is 0 Å². The van der Waals surface area contributed by atoms with E-state index >= 15 is 0 Å². The molecule has 0 spiro atoms. The Balaban J connectivity index is -0.0000000267. The first-order valence-electron chi connectivity index (χ1n) is 0.783. The van der Waals surface area contributed by atoms with Gasteiger partial charge in [0.15, 0.2) is 0 Å². The SMILES string of the molecule is O=P(O)(O)O.[Cs+].[H-].[W]. The predicted octanol–water partition coefficient (Wildman–Crippen LogP) is -3.81. The Morgan fingerprint density at radius 1 is 1.29 bits per heavy atom. The van der Waals surface area contributed by atoms with Crippen molar-refractivity contribution in [3.63, 3.8) is 0 Å². The second kappa shape index (κ2) is 6.96. The average Bonchev–Trinajstić information content (AvgIpc) is 0.722. The molecule has 0 atom stereocenters. The van der Waals surface area contributed by atoms with Crippen molar-refractivity contribution in [2.24, 2.45) is 0 Å². The van der Waals surface area contributed by atoms with Gasteiger partial charge in [-0.25, -0.2) is 4.57 Å². The van der Waals surface area contributed by atoms with Crippen LogP contribution in [0.1, 0.15) is 1.43 Å². The molecule has 0 heterocycles. The average molecular weight is 416 g/mol. The quantitative estimate of drug-likeness (QED) is 0.355. The summed E-state index contributed by atoms with van der Waals surface area (Å²) in [4.78, 5) is 21.6. The molecule has 0 amide bonds. The fourth-order valence-corrected chi connectivity index (χ4v) is 0. The molecular formula is H4CsO4PW. The number of hydrogen-bond donors (Lipinski definition) is 3. The fourth-order valence-electron chi connectivity index (χ4n) is 0. The summed E-state index contributed by atoms with van der Waals surface area (Å²) in [5.74, 6) is 0. The molecule has 0 fully saturated rings. The summed E-state index contributed by atoms with van der Waals surface area (Å²) < 4.78 is 8.88. The van der Waals surface area contributed by atoms with Gasteiger partial charge in [-0.3, -0.25) is 0 Å². The maximum absolute atomic E-state index is 8.88. The predicted molar refractivity (Wildman–Crippen MR) is 15.4 cm³/mol. The molecule has 3 N–H and O–H groups in total. The summed E-state index contributed by atoms with van der Waals surface area (Å²) in [7, 11) is -4.64. The monoisotopic (exact) mass is 416 g/mol. The van der Waals surface area contributed by atoms with E-state index in [0.29, 0.717) is 0 Å². The van der Waals surface area contributed by atoms with Gasteiger partial charge in [0.2, 0.25) is 0 Å². The van der Waals surface area contributed by atoms with Gasteiger partial charge in [-0.2, -0.15) is 0 Å². The van der Waals surface area contributed by atoms with Gasteiger partial charge in [-0.05, 0) is 0 Å². The van der Waals surface area contributed by atoms with Crippen LogP contribution < -0.4 is 68.9 Å².